The van der Waals surface area contributed by atoms with Crippen molar-refractivity contribution in [3.63, 3.8) is 0 Å². The lowest BCUT2D eigenvalue weighted by Gasteiger charge is -2.08. The van der Waals surface area contributed by atoms with Gasteiger partial charge in [-0.1, -0.05) is 12.1 Å². The number of rotatable bonds is 5. The molecule has 0 unspecified atom stereocenters. The van der Waals surface area contributed by atoms with E-state index in [2.05, 4.69) is 23.1 Å². The summed E-state index contributed by atoms with van der Waals surface area (Å²) in [6.45, 7) is 0. The summed E-state index contributed by atoms with van der Waals surface area (Å²) in [4.78, 5) is 21.2. The van der Waals surface area contributed by atoms with Crippen molar-refractivity contribution in [2.24, 2.45) is 5.73 Å². The lowest BCUT2D eigenvalue weighted by molar-refractivity contribution is -0.385. The lowest BCUT2D eigenvalue weighted by atomic mass is 10.1. The number of nitrogens with two attached hydrogens (primary N) is 1. The number of hydrogen-bond acceptors (Lipinski definition) is 5. The van der Waals surface area contributed by atoms with Crippen molar-refractivity contribution in [1.82, 2.24) is 10.9 Å². The Morgan fingerprint density at radius 3 is 2.58 bits per heavy atom. The summed E-state index contributed by atoms with van der Waals surface area (Å²) >= 11 is 4.51. The molecule has 1 aromatic rings. The predicted octanol–water partition coefficient (Wildman–Crippen LogP) is 0.358. The van der Waals surface area contributed by atoms with Gasteiger partial charge in [0.1, 0.15) is 5.70 Å². The minimum atomic E-state index is -1.32. The number of benzene rings is 1. The Bertz CT molecular complexity index is 558. The number of nitro benzene ring substituents is 1. The normalized spacial score (nSPS) is 10.6. The van der Waals surface area contributed by atoms with E-state index in [9.17, 15) is 14.9 Å². The van der Waals surface area contributed by atoms with E-state index in [1.165, 1.54) is 18.2 Å². The average molecular weight is 282 g/mol. The van der Waals surface area contributed by atoms with Crippen molar-refractivity contribution < 1.29 is 14.8 Å². The van der Waals surface area contributed by atoms with Crippen LogP contribution in [0.15, 0.2) is 30.0 Å². The summed E-state index contributed by atoms with van der Waals surface area (Å²) in [6.07, 6.45) is 1.10. The van der Waals surface area contributed by atoms with Crippen LogP contribution in [0.25, 0.3) is 6.08 Å². The van der Waals surface area contributed by atoms with Gasteiger partial charge in [-0.2, -0.15) is 0 Å². The Hall–Kier alpha value is -2.68. The van der Waals surface area contributed by atoms with Crippen molar-refractivity contribution in [3.8, 4) is 0 Å². The van der Waals surface area contributed by atoms with Gasteiger partial charge in [0, 0.05) is 6.07 Å². The fraction of sp³-hybridized carbons (Fsp3) is 0. The van der Waals surface area contributed by atoms with Gasteiger partial charge >= 0.3 is 5.97 Å². The monoisotopic (exact) mass is 282 g/mol. The van der Waals surface area contributed by atoms with Gasteiger partial charge in [-0.05, 0) is 24.4 Å². The molecule has 0 saturated heterocycles. The molecule has 100 valence electrons. The SMILES string of the molecule is NC(=S)NN/C(=C/c1ccccc1[N+](=O)[O-])C(=O)O. The van der Waals surface area contributed by atoms with Gasteiger partial charge in [-0.25, -0.2) is 4.79 Å². The maximum absolute atomic E-state index is 11.0. The summed E-state index contributed by atoms with van der Waals surface area (Å²) in [7, 11) is 0. The molecule has 0 fully saturated rings. The molecule has 0 heterocycles. The molecule has 1 rings (SSSR count). The molecule has 0 aliphatic rings. The third kappa shape index (κ3) is 4.24. The van der Waals surface area contributed by atoms with E-state index < -0.39 is 10.9 Å². The van der Waals surface area contributed by atoms with Crippen LogP contribution in [0, 0.1) is 10.1 Å². The quantitative estimate of drug-likeness (QED) is 0.263. The van der Waals surface area contributed by atoms with Gasteiger partial charge in [-0.3, -0.25) is 21.0 Å². The predicted molar refractivity (Wildman–Crippen MR) is 71.8 cm³/mol. The zero-order chi connectivity index (χ0) is 14.4. The number of carbonyl (C=O) groups is 1. The second-order valence-electron chi connectivity index (χ2n) is 3.29. The number of nitrogens with zero attached hydrogens (tertiary/aromatic N) is 1. The number of nitrogens with one attached hydrogen (secondary N) is 2. The number of thiocarbonyl (C=S) groups is 1. The molecule has 5 N–H and O–H groups in total. The number of carboxylic acids is 1. The Morgan fingerprint density at radius 2 is 2.05 bits per heavy atom. The highest BCUT2D eigenvalue weighted by molar-refractivity contribution is 7.80. The molecule has 1 aromatic carbocycles. The van der Waals surface area contributed by atoms with Crippen molar-refractivity contribution in [2.75, 3.05) is 0 Å². The standard InChI is InChI=1S/C10H10N4O4S/c11-10(19)13-12-7(9(15)16)5-6-3-1-2-4-8(6)14(17)18/h1-5,12H,(H,15,16)(H3,11,13,19)/b7-5+. The van der Waals surface area contributed by atoms with E-state index in [0.717, 1.165) is 6.08 Å². The summed E-state index contributed by atoms with van der Waals surface area (Å²) in [6, 6.07) is 5.73. The second-order valence-corrected chi connectivity index (χ2v) is 3.73. The van der Waals surface area contributed by atoms with Crippen molar-refractivity contribution >= 4 is 35.1 Å². The Kier molecular flexibility index (Phi) is 4.77. The highest BCUT2D eigenvalue weighted by Crippen LogP contribution is 2.19. The molecule has 9 heteroatoms. The summed E-state index contributed by atoms with van der Waals surface area (Å²) < 4.78 is 0. The zero-order valence-corrected chi connectivity index (χ0v) is 10.3. The molecule has 0 aromatic heterocycles. The maximum Gasteiger partial charge on any atom is 0.353 e. The molecule has 0 aliphatic heterocycles. The summed E-state index contributed by atoms with van der Waals surface area (Å²) in [5.74, 6) is -1.32. The average Bonchev–Trinajstić information content (AvgIpc) is 2.34. The minimum Gasteiger partial charge on any atom is -0.477 e. The summed E-state index contributed by atoms with van der Waals surface area (Å²) in [5, 5.41) is 19.6. The van der Waals surface area contributed by atoms with Crippen LogP contribution >= 0.6 is 12.2 Å². The number of carboxylic acid groups (broad SMARTS) is 1. The Labute approximate surface area is 113 Å². The molecular weight excluding hydrogens is 272 g/mol. The van der Waals surface area contributed by atoms with E-state index in [1.807, 2.05) is 0 Å². The molecule has 19 heavy (non-hydrogen) atoms. The molecule has 0 saturated carbocycles. The number of para-hydroxylation sites is 1. The molecule has 0 bridgehead atoms. The van der Waals surface area contributed by atoms with Gasteiger partial charge < -0.3 is 10.8 Å². The largest absolute Gasteiger partial charge is 0.477 e. The van der Waals surface area contributed by atoms with Crippen LogP contribution in [-0.4, -0.2) is 21.1 Å². The van der Waals surface area contributed by atoms with Crippen LogP contribution in [0.4, 0.5) is 5.69 Å². The van der Waals surface area contributed by atoms with Crippen molar-refractivity contribution in [2.45, 2.75) is 0 Å². The smallest absolute Gasteiger partial charge is 0.353 e. The number of nitro groups is 1. The van der Waals surface area contributed by atoms with E-state index in [4.69, 9.17) is 10.8 Å². The first-order chi connectivity index (χ1) is 8.91. The zero-order valence-electron chi connectivity index (χ0n) is 9.49. The van der Waals surface area contributed by atoms with E-state index in [-0.39, 0.29) is 22.1 Å². The first-order valence-electron chi connectivity index (χ1n) is 4.91. The van der Waals surface area contributed by atoms with E-state index >= 15 is 0 Å². The van der Waals surface area contributed by atoms with Crippen LogP contribution < -0.4 is 16.6 Å². The highest BCUT2D eigenvalue weighted by Gasteiger charge is 2.14. The maximum atomic E-state index is 11.0. The van der Waals surface area contributed by atoms with Crippen LogP contribution in [0.1, 0.15) is 5.56 Å². The molecule has 0 atom stereocenters. The van der Waals surface area contributed by atoms with Gasteiger partial charge in [0.15, 0.2) is 5.11 Å². The van der Waals surface area contributed by atoms with Crippen molar-refractivity contribution in [3.05, 3.63) is 45.6 Å². The van der Waals surface area contributed by atoms with Crippen molar-refractivity contribution in [1.29, 1.82) is 0 Å². The van der Waals surface area contributed by atoms with Crippen LogP contribution in [0.5, 0.6) is 0 Å². The lowest BCUT2D eigenvalue weighted by Crippen LogP contribution is -2.41. The van der Waals surface area contributed by atoms with Gasteiger partial charge in [0.2, 0.25) is 0 Å². The van der Waals surface area contributed by atoms with Gasteiger partial charge in [-0.15, -0.1) is 0 Å². The highest BCUT2D eigenvalue weighted by atomic mass is 32.1. The first kappa shape index (κ1) is 14.4. The molecular formula is C10H10N4O4S. The van der Waals surface area contributed by atoms with Crippen LogP contribution in [0.3, 0.4) is 0 Å². The van der Waals surface area contributed by atoms with Gasteiger partial charge in [0.25, 0.3) is 5.69 Å². The summed E-state index contributed by atoms with van der Waals surface area (Å²) in [5.41, 5.74) is 9.23. The molecule has 0 spiro atoms. The molecule has 8 nitrogen and oxygen atoms in total. The molecule has 0 amide bonds. The number of hydrazine groups is 1. The fourth-order valence-corrected chi connectivity index (χ4v) is 1.26. The Balaban J connectivity index is 3.11. The molecule has 0 aliphatic carbocycles. The second kappa shape index (κ2) is 6.31. The Morgan fingerprint density at radius 1 is 1.42 bits per heavy atom. The topological polar surface area (TPSA) is 131 Å². The minimum absolute atomic E-state index is 0.141. The number of hydrogen-bond donors (Lipinski definition) is 4. The van der Waals surface area contributed by atoms with E-state index in [1.54, 1.807) is 6.07 Å². The third-order valence-electron chi connectivity index (χ3n) is 1.98. The van der Waals surface area contributed by atoms with Gasteiger partial charge in [0.05, 0.1) is 10.5 Å². The van der Waals surface area contributed by atoms with E-state index in [0.29, 0.717) is 0 Å². The molecule has 0 radical (unpaired) electrons. The number of aliphatic carboxylic acids is 1. The fourth-order valence-electron chi connectivity index (χ4n) is 1.21. The van der Waals surface area contributed by atoms with Crippen LogP contribution in [0.2, 0.25) is 0 Å². The third-order valence-corrected chi connectivity index (χ3v) is 2.09. The first-order valence-corrected chi connectivity index (χ1v) is 5.32. The van der Waals surface area contributed by atoms with Crippen LogP contribution in [-0.2, 0) is 4.79 Å².